The van der Waals surface area contributed by atoms with E-state index in [0.717, 1.165) is 0 Å². The van der Waals surface area contributed by atoms with Crippen LogP contribution in [0.25, 0.3) is 6.08 Å². The largest absolute Gasteiger partial charge is 0.496 e. The number of rotatable bonds is 6. The van der Waals surface area contributed by atoms with Gasteiger partial charge in [0.05, 0.1) is 20.1 Å². The summed E-state index contributed by atoms with van der Waals surface area (Å²) in [5.41, 5.74) is 0.716. The van der Waals surface area contributed by atoms with Crippen LogP contribution in [0.5, 0.6) is 5.75 Å². The number of benzene rings is 1. The summed E-state index contributed by atoms with van der Waals surface area (Å²) in [5, 5.41) is 8.83. The Morgan fingerprint density at radius 1 is 1.32 bits per heavy atom. The zero-order chi connectivity index (χ0) is 14.3. The highest BCUT2D eigenvalue weighted by molar-refractivity contribution is 5.98. The van der Waals surface area contributed by atoms with Gasteiger partial charge < -0.3 is 14.6 Å². The standard InChI is InChI=1S/C14H16O5/c1-3-19-14(17)11(9-13(15)16)8-10-6-4-5-7-12(10)18-2/h4-8H,3,9H2,1-2H3,(H,15,16)/b11-8-. The molecule has 19 heavy (non-hydrogen) atoms. The molecule has 1 aromatic rings. The minimum absolute atomic E-state index is 0.0823. The molecule has 0 fully saturated rings. The molecule has 0 aliphatic heterocycles. The van der Waals surface area contributed by atoms with Crippen molar-refractivity contribution in [2.24, 2.45) is 0 Å². The summed E-state index contributed by atoms with van der Waals surface area (Å²) in [6.07, 6.45) is 1.09. The molecule has 1 N–H and O–H groups in total. The van der Waals surface area contributed by atoms with Crippen molar-refractivity contribution in [3.8, 4) is 5.75 Å². The van der Waals surface area contributed by atoms with Gasteiger partial charge in [-0.05, 0) is 19.1 Å². The molecule has 1 rings (SSSR count). The summed E-state index contributed by atoms with van der Waals surface area (Å²) >= 11 is 0. The highest BCUT2D eigenvalue weighted by atomic mass is 16.5. The van der Waals surface area contributed by atoms with Gasteiger partial charge in [-0.1, -0.05) is 18.2 Å². The van der Waals surface area contributed by atoms with Crippen molar-refractivity contribution >= 4 is 18.0 Å². The highest BCUT2D eigenvalue weighted by Gasteiger charge is 2.15. The summed E-state index contributed by atoms with van der Waals surface area (Å²) in [6.45, 7) is 1.86. The van der Waals surface area contributed by atoms with E-state index in [-0.39, 0.29) is 12.2 Å². The van der Waals surface area contributed by atoms with Crippen LogP contribution in [0.3, 0.4) is 0 Å². The first-order valence-electron chi connectivity index (χ1n) is 5.81. The number of ether oxygens (including phenoxy) is 2. The van der Waals surface area contributed by atoms with E-state index < -0.39 is 18.4 Å². The smallest absolute Gasteiger partial charge is 0.334 e. The molecule has 0 atom stereocenters. The fourth-order valence-corrected chi connectivity index (χ4v) is 1.54. The molecule has 0 radical (unpaired) electrons. The minimum atomic E-state index is -1.09. The van der Waals surface area contributed by atoms with Crippen LogP contribution in [0, 0.1) is 0 Å². The summed E-state index contributed by atoms with van der Waals surface area (Å²) in [5.74, 6) is -1.15. The fourth-order valence-electron chi connectivity index (χ4n) is 1.54. The van der Waals surface area contributed by atoms with Crippen LogP contribution in [0.4, 0.5) is 0 Å². The monoisotopic (exact) mass is 264 g/mol. The van der Waals surface area contributed by atoms with E-state index in [0.29, 0.717) is 11.3 Å². The summed E-state index contributed by atoms with van der Waals surface area (Å²) in [7, 11) is 1.51. The topological polar surface area (TPSA) is 72.8 Å². The Morgan fingerprint density at radius 3 is 2.58 bits per heavy atom. The molecule has 102 valence electrons. The zero-order valence-corrected chi connectivity index (χ0v) is 10.9. The van der Waals surface area contributed by atoms with Crippen molar-refractivity contribution < 1.29 is 24.2 Å². The molecular weight excluding hydrogens is 248 g/mol. The molecule has 0 aliphatic carbocycles. The maximum Gasteiger partial charge on any atom is 0.334 e. The molecule has 0 bridgehead atoms. The van der Waals surface area contributed by atoms with Gasteiger partial charge in [0.15, 0.2) is 0 Å². The van der Waals surface area contributed by atoms with Crippen LogP contribution in [0.2, 0.25) is 0 Å². The van der Waals surface area contributed by atoms with E-state index in [2.05, 4.69) is 0 Å². The Morgan fingerprint density at radius 2 is 2.00 bits per heavy atom. The lowest BCUT2D eigenvalue weighted by molar-refractivity contribution is -0.142. The summed E-state index contributed by atoms with van der Waals surface area (Å²) < 4.78 is 9.99. The van der Waals surface area contributed by atoms with Gasteiger partial charge in [-0.2, -0.15) is 0 Å². The predicted molar refractivity (Wildman–Crippen MR) is 69.9 cm³/mol. The number of methoxy groups -OCH3 is 1. The van der Waals surface area contributed by atoms with Gasteiger partial charge in [0.2, 0.25) is 0 Å². The number of carbonyl (C=O) groups excluding carboxylic acids is 1. The molecule has 0 amide bonds. The lowest BCUT2D eigenvalue weighted by Gasteiger charge is -2.07. The molecule has 0 unspecified atom stereocenters. The maximum absolute atomic E-state index is 11.7. The average molecular weight is 264 g/mol. The van der Waals surface area contributed by atoms with Gasteiger partial charge in [-0.3, -0.25) is 4.79 Å². The number of carboxylic acid groups (broad SMARTS) is 1. The van der Waals surface area contributed by atoms with Crippen LogP contribution in [-0.4, -0.2) is 30.8 Å². The first-order valence-corrected chi connectivity index (χ1v) is 5.81. The molecule has 0 aliphatic rings. The van der Waals surface area contributed by atoms with Crippen molar-refractivity contribution in [2.75, 3.05) is 13.7 Å². The van der Waals surface area contributed by atoms with E-state index in [4.69, 9.17) is 14.6 Å². The Balaban J connectivity index is 3.11. The predicted octanol–water partition coefficient (Wildman–Crippen LogP) is 2.12. The lowest BCUT2D eigenvalue weighted by atomic mass is 10.1. The third-order valence-corrected chi connectivity index (χ3v) is 2.35. The molecule has 1 aromatic carbocycles. The second kappa shape index (κ2) is 7.20. The molecule has 0 saturated carbocycles. The molecule has 5 heteroatoms. The van der Waals surface area contributed by atoms with Gasteiger partial charge >= 0.3 is 11.9 Å². The van der Waals surface area contributed by atoms with Gasteiger partial charge in [-0.15, -0.1) is 0 Å². The number of hydrogen-bond donors (Lipinski definition) is 1. The van der Waals surface area contributed by atoms with Crippen LogP contribution < -0.4 is 4.74 Å². The molecule has 0 saturated heterocycles. The lowest BCUT2D eigenvalue weighted by Crippen LogP contribution is -2.11. The molecule has 0 heterocycles. The Hall–Kier alpha value is -2.30. The average Bonchev–Trinajstić information content (AvgIpc) is 2.38. The quantitative estimate of drug-likeness (QED) is 0.629. The van der Waals surface area contributed by atoms with Crippen LogP contribution in [-0.2, 0) is 14.3 Å². The van der Waals surface area contributed by atoms with Gasteiger partial charge in [-0.25, -0.2) is 4.79 Å². The fraction of sp³-hybridized carbons (Fsp3) is 0.286. The number of carbonyl (C=O) groups is 2. The van der Waals surface area contributed by atoms with Crippen LogP contribution in [0.1, 0.15) is 18.9 Å². The molecule has 0 aromatic heterocycles. The van der Waals surface area contributed by atoms with E-state index in [1.165, 1.54) is 13.2 Å². The zero-order valence-electron chi connectivity index (χ0n) is 10.9. The van der Waals surface area contributed by atoms with E-state index in [9.17, 15) is 9.59 Å². The summed E-state index contributed by atoms with van der Waals surface area (Å²) in [4.78, 5) is 22.5. The van der Waals surface area contributed by atoms with Crippen LogP contribution in [0.15, 0.2) is 29.8 Å². The molecule has 0 spiro atoms. The first-order chi connectivity index (χ1) is 9.08. The van der Waals surface area contributed by atoms with Crippen molar-refractivity contribution in [3.63, 3.8) is 0 Å². The minimum Gasteiger partial charge on any atom is -0.496 e. The Labute approximate surface area is 111 Å². The highest BCUT2D eigenvalue weighted by Crippen LogP contribution is 2.21. The number of carboxylic acids is 1. The number of aliphatic carboxylic acids is 1. The van der Waals surface area contributed by atoms with Crippen molar-refractivity contribution in [3.05, 3.63) is 35.4 Å². The third kappa shape index (κ3) is 4.46. The van der Waals surface area contributed by atoms with Crippen molar-refractivity contribution in [2.45, 2.75) is 13.3 Å². The number of esters is 1. The normalized spacial score (nSPS) is 10.9. The van der Waals surface area contributed by atoms with Gasteiger partial charge in [0.25, 0.3) is 0 Å². The van der Waals surface area contributed by atoms with Crippen LogP contribution >= 0.6 is 0 Å². The Kier molecular flexibility index (Phi) is 5.60. The molecule has 5 nitrogen and oxygen atoms in total. The second-order valence-electron chi connectivity index (χ2n) is 3.70. The van der Waals surface area contributed by atoms with Gasteiger partial charge in [0.1, 0.15) is 5.75 Å². The van der Waals surface area contributed by atoms with E-state index in [1.807, 2.05) is 0 Å². The van der Waals surface area contributed by atoms with Crippen molar-refractivity contribution in [1.29, 1.82) is 0 Å². The Bertz CT molecular complexity index is 490. The summed E-state index contributed by atoms with van der Waals surface area (Å²) in [6, 6.07) is 7.03. The van der Waals surface area contributed by atoms with Crippen molar-refractivity contribution in [1.82, 2.24) is 0 Å². The first kappa shape index (κ1) is 14.8. The number of hydrogen-bond acceptors (Lipinski definition) is 4. The third-order valence-electron chi connectivity index (χ3n) is 2.35. The van der Waals surface area contributed by atoms with E-state index in [1.54, 1.807) is 31.2 Å². The number of para-hydroxylation sites is 1. The molecular formula is C14H16O5. The van der Waals surface area contributed by atoms with Gasteiger partial charge in [0, 0.05) is 11.1 Å². The van der Waals surface area contributed by atoms with E-state index >= 15 is 0 Å². The second-order valence-corrected chi connectivity index (χ2v) is 3.70. The SMILES string of the molecule is CCOC(=O)/C(=C\c1ccccc1OC)CC(=O)O. The maximum atomic E-state index is 11.7.